The summed E-state index contributed by atoms with van der Waals surface area (Å²) in [7, 11) is 1.50. The SMILES string of the molecule is COC(=O)C1(NC(C)C)CCC(N2CCCC2)C1. The van der Waals surface area contributed by atoms with Crippen molar-refractivity contribution >= 4 is 5.97 Å². The fraction of sp³-hybridized carbons (Fsp3) is 0.929. The van der Waals surface area contributed by atoms with E-state index in [9.17, 15) is 4.79 Å². The van der Waals surface area contributed by atoms with Gasteiger partial charge in [0.2, 0.25) is 0 Å². The van der Waals surface area contributed by atoms with Gasteiger partial charge in [0.1, 0.15) is 5.54 Å². The van der Waals surface area contributed by atoms with Gasteiger partial charge in [0, 0.05) is 12.1 Å². The predicted molar refractivity (Wildman–Crippen MR) is 71.5 cm³/mol. The van der Waals surface area contributed by atoms with Crippen molar-refractivity contribution < 1.29 is 9.53 Å². The van der Waals surface area contributed by atoms with Gasteiger partial charge in [0.15, 0.2) is 0 Å². The monoisotopic (exact) mass is 254 g/mol. The van der Waals surface area contributed by atoms with E-state index in [1.54, 1.807) is 0 Å². The number of hydrogen-bond acceptors (Lipinski definition) is 4. The summed E-state index contributed by atoms with van der Waals surface area (Å²) >= 11 is 0. The molecule has 104 valence electrons. The zero-order valence-corrected chi connectivity index (χ0v) is 11.9. The summed E-state index contributed by atoms with van der Waals surface area (Å²) in [6.07, 6.45) is 5.52. The van der Waals surface area contributed by atoms with E-state index in [0.29, 0.717) is 12.1 Å². The fourth-order valence-corrected chi connectivity index (χ4v) is 3.56. The van der Waals surface area contributed by atoms with Gasteiger partial charge >= 0.3 is 5.97 Å². The third-order valence-corrected chi connectivity index (χ3v) is 4.29. The lowest BCUT2D eigenvalue weighted by molar-refractivity contribution is -0.149. The van der Waals surface area contributed by atoms with Gasteiger partial charge < -0.3 is 9.64 Å². The normalized spacial score (nSPS) is 33.2. The molecule has 2 unspecified atom stereocenters. The number of methoxy groups -OCH3 is 1. The van der Waals surface area contributed by atoms with Crippen LogP contribution in [-0.2, 0) is 9.53 Å². The van der Waals surface area contributed by atoms with Crippen LogP contribution in [-0.4, -0.2) is 48.7 Å². The molecule has 2 aliphatic rings. The zero-order valence-electron chi connectivity index (χ0n) is 11.9. The maximum Gasteiger partial charge on any atom is 0.326 e. The van der Waals surface area contributed by atoms with Gasteiger partial charge in [-0.3, -0.25) is 10.1 Å². The van der Waals surface area contributed by atoms with Crippen LogP contribution in [0.15, 0.2) is 0 Å². The molecule has 1 aliphatic carbocycles. The Kier molecular flexibility index (Phi) is 4.28. The van der Waals surface area contributed by atoms with E-state index in [4.69, 9.17) is 4.74 Å². The molecule has 2 rings (SSSR count). The van der Waals surface area contributed by atoms with Gasteiger partial charge in [-0.05, 0) is 59.0 Å². The Balaban J connectivity index is 2.05. The first-order valence-electron chi connectivity index (χ1n) is 7.17. The molecular formula is C14H26N2O2. The molecule has 0 amide bonds. The van der Waals surface area contributed by atoms with Crippen LogP contribution in [0.1, 0.15) is 46.0 Å². The number of hydrogen-bond donors (Lipinski definition) is 1. The van der Waals surface area contributed by atoms with Gasteiger partial charge in [-0.25, -0.2) is 0 Å². The Morgan fingerprint density at radius 2 is 2.06 bits per heavy atom. The smallest absolute Gasteiger partial charge is 0.326 e. The third-order valence-electron chi connectivity index (χ3n) is 4.29. The summed E-state index contributed by atoms with van der Waals surface area (Å²) in [5, 5.41) is 3.46. The van der Waals surface area contributed by atoms with Crippen molar-refractivity contribution in [3.05, 3.63) is 0 Å². The second kappa shape index (κ2) is 5.57. The number of nitrogens with zero attached hydrogens (tertiary/aromatic N) is 1. The number of carbonyl (C=O) groups is 1. The Hall–Kier alpha value is -0.610. The fourth-order valence-electron chi connectivity index (χ4n) is 3.56. The van der Waals surface area contributed by atoms with Crippen LogP contribution in [0.3, 0.4) is 0 Å². The highest BCUT2D eigenvalue weighted by atomic mass is 16.5. The highest BCUT2D eigenvalue weighted by molar-refractivity contribution is 5.81. The molecule has 0 aromatic heterocycles. The highest BCUT2D eigenvalue weighted by Crippen LogP contribution is 2.35. The Morgan fingerprint density at radius 1 is 1.39 bits per heavy atom. The molecule has 18 heavy (non-hydrogen) atoms. The predicted octanol–water partition coefficient (Wildman–Crippen LogP) is 1.54. The van der Waals surface area contributed by atoms with Crippen molar-refractivity contribution in [1.82, 2.24) is 10.2 Å². The number of esters is 1. The van der Waals surface area contributed by atoms with Gasteiger partial charge in [-0.1, -0.05) is 0 Å². The van der Waals surface area contributed by atoms with E-state index < -0.39 is 5.54 Å². The number of likely N-dealkylation sites (tertiary alicyclic amines) is 1. The average Bonchev–Trinajstić information content (AvgIpc) is 2.96. The van der Waals surface area contributed by atoms with Crippen LogP contribution in [0.4, 0.5) is 0 Å². The first-order valence-corrected chi connectivity index (χ1v) is 7.17. The molecule has 0 bridgehead atoms. The minimum absolute atomic E-state index is 0.0853. The standard InChI is InChI=1S/C14H26N2O2/c1-11(2)15-14(13(17)18-3)7-6-12(10-14)16-8-4-5-9-16/h11-12,15H,4-10H2,1-3H3. The van der Waals surface area contributed by atoms with Gasteiger partial charge in [0.05, 0.1) is 7.11 Å². The lowest BCUT2D eigenvalue weighted by atomic mass is 9.96. The number of rotatable bonds is 4. The van der Waals surface area contributed by atoms with E-state index in [0.717, 1.165) is 19.3 Å². The zero-order chi connectivity index (χ0) is 13.2. The second-order valence-corrected chi connectivity index (χ2v) is 6.01. The maximum atomic E-state index is 12.1. The van der Waals surface area contributed by atoms with Gasteiger partial charge in [-0.15, -0.1) is 0 Å². The van der Waals surface area contributed by atoms with Crippen LogP contribution >= 0.6 is 0 Å². The Morgan fingerprint density at radius 3 is 2.61 bits per heavy atom. The molecule has 4 nitrogen and oxygen atoms in total. The molecule has 0 aromatic rings. The molecule has 2 atom stereocenters. The summed E-state index contributed by atoms with van der Waals surface area (Å²) in [4.78, 5) is 14.7. The van der Waals surface area contributed by atoms with Crippen molar-refractivity contribution in [2.45, 2.75) is 63.6 Å². The summed E-state index contributed by atoms with van der Waals surface area (Å²) in [5.74, 6) is -0.0853. The minimum atomic E-state index is -0.448. The first-order chi connectivity index (χ1) is 8.57. The van der Waals surface area contributed by atoms with Crippen molar-refractivity contribution in [2.24, 2.45) is 0 Å². The summed E-state index contributed by atoms with van der Waals surface area (Å²) in [5.41, 5.74) is -0.448. The third kappa shape index (κ3) is 2.69. The molecule has 1 saturated carbocycles. The molecule has 1 N–H and O–H groups in total. The van der Waals surface area contributed by atoms with Crippen molar-refractivity contribution in [1.29, 1.82) is 0 Å². The van der Waals surface area contributed by atoms with Crippen molar-refractivity contribution in [3.8, 4) is 0 Å². The van der Waals surface area contributed by atoms with E-state index in [-0.39, 0.29) is 5.97 Å². The number of ether oxygens (including phenoxy) is 1. The van der Waals surface area contributed by atoms with E-state index >= 15 is 0 Å². The van der Waals surface area contributed by atoms with Crippen LogP contribution < -0.4 is 5.32 Å². The Labute approximate surface area is 110 Å². The van der Waals surface area contributed by atoms with E-state index in [1.165, 1.54) is 33.0 Å². The van der Waals surface area contributed by atoms with E-state index in [1.807, 2.05) is 0 Å². The van der Waals surface area contributed by atoms with Crippen LogP contribution in [0, 0.1) is 0 Å². The minimum Gasteiger partial charge on any atom is -0.468 e. The molecule has 4 heteroatoms. The topological polar surface area (TPSA) is 41.6 Å². The Bertz CT molecular complexity index is 300. The lowest BCUT2D eigenvalue weighted by Crippen LogP contribution is -2.54. The summed E-state index contributed by atoms with van der Waals surface area (Å²) in [6, 6.07) is 0.860. The summed E-state index contributed by atoms with van der Waals surface area (Å²) in [6.45, 7) is 6.58. The molecule has 1 heterocycles. The number of nitrogens with one attached hydrogen (secondary N) is 1. The van der Waals surface area contributed by atoms with Crippen molar-refractivity contribution in [3.63, 3.8) is 0 Å². The molecule has 1 aliphatic heterocycles. The lowest BCUT2D eigenvalue weighted by Gasteiger charge is -2.31. The molecule has 0 aromatic carbocycles. The molecule has 0 spiro atoms. The summed E-state index contributed by atoms with van der Waals surface area (Å²) < 4.78 is 5.03. The van der Waals surface area contributed by atoms with Gasteiger partial charge in [-0.2, -0.15) is 0 Å². The van der Waals surface area contributed by atoms with E-state index in [2.05, 4.69) is 24.1 Å². The first kappa shape index (κ1) is 13.8. The molecule has 1 saturated heterocycles. The number of carbonyl (C=O) groups excluding carboxylic acids is 1. The highest BCUT2D eigenvalue weighted by Gasteiger charge is 2.48. The van der Waals surface area contributed by atoms with Crippen LogP contribution in [0.2, 0.25) is 0 Å². The maximum absolute atomic E-state index is 12.1. The van der Waals surface area contributed by atoms with Gasteiger partial charge in [0.25, 0.3) is 0 Å². The quantitative estimate of drug-likeness (QED) is 0.773. The largest absolute Gasteiger partial charge is 0.468 e. The van der Waals surface area contributed by atoms with Crippen molar-refractivity contribution in [2.75, 3.05) is 20.2 Å². The molecule has 0 radical (unpaired) electrons. The average molecular weight is 254 g/mol. The van der Waals surface area contributed by atoms with Crippen LogP contribution in [0.25, 0.3) is 0 Å². The molecule has 2 fully saturated rings. The molecular weight excluding hydrogens is 228 g/mol. The second-order valence-electron chi connectivity index (χ2n) is 6.01. The van der Waals surface area contributed by atoms with Crippen LogP contribution in [0.5, 0.6) is 0 Å².